The van der Waals surface area contributed by atoms with E-state index in [9.17, 15) is 4.79 Å². The summed E-state index contributed by atoms with van der Waals surface area (Å²) in [5, 5.41) is 5.75. The molecule has 1 aromatic heterocycles. The van der Waals surface area contributed by atoms with Gasteiger partial charge < -0.3 is 20.3 Å². The van der Waals surface area contributed by atoms with Gasteiger partial charge >= 0.3 is 6.03 Å². The quantitative estimate of drug-likeness (QED) is 0.881. The van der Waals surface area contributed by atoms with Crippen LogP contribution in [0.15, 0.2) is 42.9 Å². The zero-order valence-electron chi connectivity index (χ0n) is 12.9. The monoisotopic (exact) mass is 313 g/mol. The maximum absolute atomic E-state index is 12.0. The van der Waals surface area contributed by atoms with Crippen LogP contribution in [-0.2, 0) is 0 Å². The van der Waals surface area contributed by atoms with Crippen molar-refractivity contribution in [2.24, 2.45) is 0 Å². The van der Waals surface area contributed by atoms with Crippen LogP contribution in [0.5, 0.6) is 5.75 Å². The Morgan fingerprint density at radius 2 is 2.09 bits per heavy atom. The molecule has 1 saturated heterocycles. The summed E-state index contributed by atoms with van der Waals surface area (Å²) in [6.45, 7) is 4.02. The predicted octanol–water partition coefficient (Wildman–Crippen LogP) is 1.89. The van der Waals surface area contributed by atoms with Crippen LogP contribution >= 0.6 is 0 Å². The first-order valence-electron chi connectivity index (χ1n) is 7.56. The van der Waals surface area contributed by atoms with Gasteiger partial charge in [0.05, 0.1) is 18.8 Å². The molecule has 2 amide bonds. The molecule has 7 heteroatoms. The average molecular weight is 313 g/mol. The lowest BCUT2D eigenvalue weighted by Gasteiger charge is -2.40. The minimum absolute atomic E-state index is 0.111. The van der Waals surface area contributed by atoms with Gasteiger partial charge in [-0.3, -0.25) is 4.98 Å². The maximum atomic E-state index is 12.0. The van der Waals surface area contributed by atoms with E-state index in [1.54, 1.807) is 18.6 Å². The van der Waals surface area contributed by atoms with Crippen LogP contribution in [-0.4, -0.2) is 41.7 Å². The van der Waals surface area contributed by atoms with E-state index in [0.29, 0.717) is 6.61 Å². The first-order chi connectivity index (χ1) is 11.2. The SMILES string of the molecule is CCOc1ccc(NC(=O)NC2CN(c3cnccn3)C2)cc1. The number of carbonyl (C=O) groups is 1. The van der Waals surface area contributed by atoms with Crippen molar-refractivity contribution in [3.8, 4) is 5.75 Å². The van der Waals surface area contributed by atoms with Crippen molar-refractivity contribution >= 4 is 17.5 Å². The molecule has 0 spiro atoms. The van der Waals surface area contributed by atoms with Gasteiger partial charge in [0.1, 0.15) is 11.6 Å². The van der Waals surface area contributed by atoms with Gasteiger partial charge in [0.25, 0.3) is 0 Å². The fraction of sp³-hybridized carbons (Fsp3) is 0.312. The lowest BCUT2D eigenvalue weighted by atomic mass is 10.1. The van der Waals surface area contributed by atoms with Gasteiger partial charge in [-0.15, -0.1) is 0 Å². The molecule has 23 heavy (non-hydrogen) atoms. The van der Waals surface area contributed by atoms with Gasteiger partial charge in [0.2, 0.25) is 0 Å². The second-order valence-corrected chi connectivity index (χ2v) is 5.22. The fourth-order valence-electron chi connectivity index (χ4n) is 2.37. The minimum Gasteiger partial charge on any atom is -0.494 e. The molecule has 0 unspecified atom stereocenters. The van der Waals surface area contributed by atoms with Gasteiger partial charge in [-0.25, -0.2) is 9.78 Å². The molecule has 0 atom stereocenters. The highest BCUT2D eigenvalue weighted by atomic mass is 16.5. The third-order valence-corrected chi connectivity index (χ3v) is 3.51. The van der Waals surface area contributed by atoms with E-state index in [2.05, 4.69) is 25.5 Å². The lowest BCUT2D eigenvalue weighted by Crippen LogP contribution is -2.60. The Balaban J connectivity index is 1.44. The number of amides is 2. The molecule has 3 rings (SSSR count). The number of nitrogens with zero attached hydrogens (tertiary/aromatic N) is 3. The van der Waals surface area contributed by atoms with E-state index < -0.39 is 0 Å². The number of hydrogen-bond acceptors (Lipinski definition) is 5. The molecule has 1 aromatic carbocycles. The van der Waals surface area contributed by atoms with Gasteiger partial charge in [0, 0.05) is 31.2 Å². The van der Waals surface area contributed by atoms with E-state index in [0.717, 1.165) is 30.3 Å². The third-order valence-electron chi connectivity index (χ3n) is 3.51. The number of urea groups is 1. The molecule has 1 aliphatic rings. The van der Waals surface area contributed by atoms with Crippen molar-refractivity contribution in [2.45, 2.75) is 13.0 Å². The summed E-state index contributed by atoms with van der Waals surface area (Å²) in [6.07, 6.45) is 5.02. The summed E-state index contributed by atoms with van der Waals surface area (Å²) < 4.78 is 5.37. The van der Waals surface area contributed by atoms with E-state index in [1.165, 1.54) is 0 Å². The first-order valence-corrected chi connectivity index (χ1v) is 7.56. The number of nitrogens with one attached hydrogen (secondary N) is 2. The van der Waals surface area contributed by atoms with Crippen LogP contribution in [0.3, 0.4) is 0 Å². The fourth-order valence-corrected chi connectivity index (χ4v) is 2.37. The Morgan fingerprint density at radius 1 is 1.30 bits per heavy atom. The molecule has 120 valence electrons. The standard InChI is InChI=1S/C16H19N5O2/c1-2-23-14-5-3-12(4-6-14)19-16(22)20-13-10-21(11-13)15-9-17-7-8-18-15/h3-9,13H,2,10-11H2,1H3,(H2,19,20,22). The van der Waals surface area contributed by atoms with E-state index in [1.807, 2.05) is 31.2 Å². The molecule has 0 aliphatic carbocycles. The Hall–Kier alpha value is -2.83. The van der Waals surface area contributed by atoms with Gasteiger partial charge in [-0.1, -0.05) is 0 Å². The van der Waals surface area contributed by atoms with E-state index in [-0.39, 0.29) is 12.1 Å². The van der Waals surface area contributed by atoms with Crippen molar-refractivity contribution in [3.05, 3.63) is 42.9 Å². The van der Waals surface area contributed by atoms with Gasteiger partial charge in [-0.05, 0) is 31.2 Å². The highest BCUT2D eigenvalue weighted by molar-refractivity contribution is 5.89. The van der Waals surface area contributed by atoms with Crippen molar-refractivity contribution in [1.82, 2.24) is 15.3 Å². The minimum atomic E-state index is -0.210. The molecular formula is C16H19N5O2. The summed E-state index contributed by atoms with van der Waals surface area (Å²) in [6, 6.07) is 7.20. The number of benzene rings is 1. The number of aromatic nitrogens is 2. The molecule has 0 radical (unpaired) electrons. The van der Waals surface area contributed by atoms with Crippen LogP contribution in [0.4, 0.5) is 16.3 Å². The second-order valence-electron chi connectivity index (χ2n) is 5.22. The average Bonchev–Trinajstić information content (AvgIpc) is 2.53. The second kappa shape index (κ2) is 6.95. The maximum Gasteiger partial charge on any atom is 0.319 e. The number of ether oxygens (including phenoxy) is 1. The zero-order valence-corrected chi connectivity index (χ0v) is 12.9. The molecule has 0 saturated carbocycles. The molecule has 1 aliphatic heterocycles. The third kappa shape index (κ3) is 3.88. The Labute approximate surface area is 134 Å². The van der Waals surface area contributed by atoms with Crippen LogP contribution in [0.2, 0.25) is 0 Å². The number of carbonyl (C=O) groups excluding carboxylic acids is 1. The summed E-state index contributed by atoms with van der Waals surface area (Å²) in [7, 11) is 0. The highest BCUT2D eigenvalue weighted by Crippen LogP contribution is 2.18. The number of rotatable bonds is 5. The summed E-state index contributed by atoms with van der Waals surface area (Å²) in [4.78, 5) is 22.3. The van der Waals surface area contributed by atoms with Crippen molar-refractivity contribution in [1.29, 1.82) is 0 Å². The topological polar surface area (TPSA) is 79.4 Å². The molecule has 2 N–H and O–H groups in total. The van der Waals surface area contributed by atoms with Crippen LogP contribution < -0.4 is 20.3 Å². The summed E-state index contributed by atoms with van der Waals surface area (Å²) >= 11 is 0. The Bertz CT molecular complexity index is 641. The zero-order chi connectivity index (χ0) is 16.1. The summed E-state index contributed by atoms with van der Waals surface area (Å²) in [5.41, 5.74) is 0.732. The first kappa shape index (κ1) is 15.1. The molecule has 7 nitrogen and oxygen atoms in total. The molecule has 0 bridgehead atoms. The lowest BCUT2D eigenvalue weighted by molar-refractivity contribution is 0.245. The van der Waals surface area contributed by atoms with Gasteiger partial charge in [-0.2, -0.15) is 0 Å². The number of anilines is 2. The van der Waals surface area contributed by atoms with Gasteiger partial charge in [0.15, 0.2) is 0 Å². The van der Waals surface area contributed by atoms with Crippen molar-refractivity contribution < 1.29 is 9.53 Å². The largest absolute Gasteiger partial charge is 0.494 e. The molecule has 2 heterocycles. The van der Waals surface area contributed by atoms with Crippen LogP contribution in [0.25, 0.3) is 0 Å². The predicted molar refractivity (Wildman–Crippen MR) is 87.8 cm³/mol. The van der Waals surface area contributed by atoms with Crippen LogP contribution in [0.1, 0.15) is 6.92 Å². The molecule has 2 aromatic rings. The normalized spacial score (nSPS) is 14.0. The smallest absolute Gasteiger partial charge is 0.319 e. The number of hydrogen-bond donors (Lipinski definition) is 2. The summed E-state index contributed by atoms with van der Waals surface area (Å²) in [5.74, 6) is 1.62. The Morgan fingerprint density at radius 3 is 2.74 bits per heavy atom. The van der Waals surface area contributed by atoms with Crippen molar-refractivity contribution in [2.75, 3.05) is 29.9 Å². The van der Waals surface area contributed by atoms with Crippen LogP contribution in [0, 0.1) is 0 Å². The molecule has 1 fully saturated rings. The highest BCUT2D eigenvalue weighted by Gasteiger charge is 2.29. The van der Waals surface area contributed by atoms with Crippen molar-refractivity contribution in [3.63, 3.8) is 0 Å². The molecular weight excluding hydrogens is 294 g/mol. The van der Waals surface area contributed by atoms with E-state index >= 15 is 0 Å². The van der Waals surface area contributed by atoms with E-state index in [4.69, 9.17) is 4.74 Å². The Kier molecular flexibility index (Phi) is 4.56.